The summed E-state index contributed by atoms with van der Waals surface area (Å²) < 4.78 is 5.37. The third-order valence-corrected chi connectivity index (χ3v) is 4.04. The number of nitrogens with one attached hydrogen (secondary N) is 1. The van der Waals surface area contributed by atoms with E-state index in [9.17, 15) is 4.79 Å². The van der Waals surface area contributed by atoms with Crippen LogP contribution in [0.4, 0.5) is 17.5 Å². The average Bonchev–Trinajstić information content (AvgIpc) is 2.63. The summed E-state index contributed by atoms with van der Waals surface area (Å²) in [5.74, 6) is 1.16. The Bertz CT molecular complexity index is 740. The van der Waals surface area contributed by atoms with E-state index in [0.29, 0.717) is 36.2 Å². The van der Waals surface area contributed by atoms with Crippen molar-refractivity contribution >= 4 is 23.4 Å². The molecule has 1 fully saturated rings. The van der Waals surface area contributed by atoms with Crippen LogP contribution < -0.4 is 15.1 Å². The van der Waals surface area contributed by atoms with Gasteiger partial charge in [-0.2, -0.15) is 4.98 Å². The number of hydrogen-bond acceptors (Lipinski definition) is 6. The van der Waals surface area contributed by atoms with Gasteiger partial charge in [0.1, 0.15) is 5.69 Å². The number of anilines is 3. The van der Waals surface area contributed by atoms with Crippen LogP contribution in [0.3, 0.4) is 0 Å². The van der Waals surface area contributed by atoms with Crippen LogP contribution in [0.2, 0.25) is 0 Å². The molecule has 1 N–H and O–H groups in total. The van der Waals surface area contributed by atoms with Gasteiger partial charge in [0, 0.05) is 32.7 Å². The molecule has 0 unspecified atom stereocenters. The summed E-state index contributed by atoms with van der Waals surface area (Å²) in [6.45, 7) is 4.87. The smallest absolute Gasteiger partial charge is 0.255 e. The molecule has 1 aliphatic heterocycles. The number of carbonyl (C=O) groups excluding carboxylic acids is 1. The van der Waals surface area contributed by atoms with Crippen LogP contribution in [0.15, 0.2) is 30.5 Å². The van der Waals surface area contributed by atoms with E-state index in [4.69, 9.17) is 4.74 Å². The van der Waals surface area contributed by atoms with Gasteiger partial charge in [-0.25, -0.2) is 4.98 Å². The molecular weight excluding hydrogens is 318 g/mol. The fourth-order valence-electron chi connectivity index (χ4n) is 2.61. The number of morpholine rings is 1. The predicted molar refractivity (Wildman–Crippen MR) is 98.5 cm³/mol. The Morgan fingerprint density at radius 2 is 1.88 bits per heavy atom. The number of nitrogens with zero attached hydrogens (tertiary/aromatic N) is 4. The summed E-state index contributed by atoms with van der Waals surface area (Å²) in [6, 6.07) is 7.45. The molecule has 1 aromatic heterocycles. The van der Waals surface area contributed by atoms with Crippen LogP contribution >= 0.6 is 0 Å². The van der Waals surface area contributed by atoms with E-state index >= 15 is 0 Å². The Kier molecular flexibility index (Phi) is 5.14. The lowest BCUT2D eigenvalue weighted by Gasteiger charge is -2.28. The zero-order valence-electron chi connectivity index (χ0n) is 14.8. The summed E-state index contributed by atoms with van der Waals surface area (Å²) in [4.78, 5) is 25.5. The highest BCUT2D eigenvalue weighted by atomic mass is 16.5. The second-order valence-corrected chi connectivity index (χ2v) is 6.22. The topological polar surface area (TPSA) is 70.6 Å². The first-order valence-corrected chi connectivity index (χ1v) is 8.29. The zero-order chi connectivity index (χ0) is 17.8. The Morgan fingerprint density at radius 3 is 2.52 bits per heavy atom. The normalized spacial score (nSPS) is 14.3. The predicted octanol–water partition coefficient (Wildman–Crippen LogP) is 1.94. The van der Waals surface area contributed by atoms with E-state index in [0.717, 1.165) is 18.7 Å². The third kappa shape index (κ3) is 4.06. The van der Waals surface area contributed by atoms with E-state index in [1.54, 1.807) is 6.20 Å². The summed E-state index contributed by atoms with van der Waals surface area (Å²) in [5.41, 5.74) is 2.31. The number of aryl methyl sites for hydroxylation is 1. The van der Waals surface area contributed by atoms with Gasteiger partial charge in [-0.1, -0.05) is 17.7 Å². The molecule has 1 amide bonds. The molecule has 1 aliphatic rings. The van der Waals surface area contributed by atoms with Crippen LogP contribution in [-0.2, 0) is 4.74 Å². The number of amides is 1. The largest absolute Gasteiger partial charge is 0.378 e. The molecule has 1 saturated heterocycles. The van der Waals surface area contributed by atoms with E-state index < -0.39 is 0 Å². The van der Waals surface area contributed by atoms with Crippen molar-refractivity contribution in [1.29, 1.82) is 0 Å². The molecule has 0 spiro atoms. The van der Waals surface area contributed by atoms with Gasteiger partial charge < -0.3 is 19.9 Å². The Balaban J connectivity index is 1.82. The van der Waals surface area contributed by atoms with Crippen molar-refractivity contribution in [2.75, 3.05) is 55.5 Å². The number of benzene rings is 1. The quantitative estimate of drug-likeness (QED) is 0.916. The molecule has 7 nitrogen and oxygen atoms in total. The molecule has 0 radical (unpaired) electrons. The molecule has 132 valence electrons. The third-order valence-electron chi connectivity index (χ3n) is 4.04. The minimum atomic E-state index is -0.175. The van der Waals surface area contributed by atoms with E-state index in [2.05, 4.69) is 20.2 Å². The Labute approximate surface area is 147 Å². The maximum atomic E-state index is 12.5. The van der Waals surface area contributed by atoms with Gasteiger partial charge in [-0.3, -0.25) is 4.79 Å². The molecule has 0 saturated carbocycles. The van der Waals surface area contributed by atoms with Crippen molar-refractivity contribution in [1.82, 2.24) is 9.97 Å². The lowest BCUT2D eigenvalue weighted by molar-refractivity contribution is 0.102. The lowest BCUT2D eigenvalue weighted by Crippen LogP contribution is -2.37. The van der Waals surface area contributed by atoms with Gasteiger partial charge in [0.15, 0.2) is 5.82 Å². The standard InChI is InChI=1S/C18H23N5O2/c1-13-4-6-14(7-5-13)17(24)20-15-12-19-18(21-16(15)22(2)3)23-8-10-25-11-9-23/h4-7,12H,8-11H2,1-3H3,(H,20,24). The van der Waals surface area contributed by atoms with Crippen molar-refractivity contribution in [3.05, 3.63) is 41.6 Å². The molecular formula is C18H23N5O2. The van der Waals surface area contributed by atoms with E-state index in [1.807, 2.05) is 50.2 Å². The van der Waals surface area contributed by atoms with Gasteiger partial charge in [-0.05, 0) is 19.1 Å². The summed E-state index contributed by atoms with van der Waals surface area (Å²) >= 11 is 0. The van der Waals surface area contributed by atoms with Crippen molar-refractivity contribution in [3.8, 4) is 0 Å². The first-order valence-electron chi connectivity index (χ1n) is 8.29. The fourth-order valence-corrected chi connectivity index (χ4v) is 2.61. The Morgan fingerprint density at radius 1 is 1.20 bits per heavy atom. The van der Waals surface area contributed by atoms with Crippen molar-refractivity contribution in [3.63, 3.8) is 0 Å². The molecule has 0 atom stereocenters. The number of hydrogen-bond donors (Lipinski definition) is 1. The van der Waals surface area contributed by atoms with Gasteiger partial charge in [0.25, 0.3) is 5.91 Å². The Hall–Kier alpha value is -2.67. The summed E-state index contributed by atoms with van der Waals surface area (Å²) in [6.07, 6.45) is 1.67. The SMILES string of the molecule is Cc1ccc(C(=O)Nc2cnc(N3CCOCC3)nc2N(C)C)cc1. The molecule has 2 aromatic rings. The van der Waals surface area contributed by atoms with Crippen LogP contribution in [-0.4, -0.2) is 56.3 Å². The van der Waals surface area contributed by atoms with Gasteiger partial charge in [0.2, 0.25) is 5.95 Å². The van der Waals surface area contributed by atoms with Crippen LogP contribution in [0.5, 0.6) is 0 Å². The number of ether oxygens (including phenoxy) is 1. The second-order valence-electron chi connectivity index (χ2n) is 6.22. The maximum absolute atomic E-state index is 12.5. The van der Waals surface area contributed by atoms with Crippen molar-refractivity contribution < 1.29 is 9.53 Å². The van der Waals surface area contributed by atoms with Crippen molar-refractivity contribution in [2.45, 2.75) is 6.92 Å². The van der Waals surface area contributed by atoms with Crippen LogP contribution in [0.25, 0.3) is 0 Å². The highest BCUT2D eigenvalue weighted by Gasteiger charge is 2.18. The fraction of sp³-hybridized carbons (Fsp3) is 0.389. The number of carbonyl (C=O) groups is 1. The van der Waals surface area contributed by atoms with Gasteiger partial charge in [-0.15, -0.1) is 0 Å². The zero-order valence-corrected chi connectivity index (χ0v) is 14.8. The highest BCUT2D eigenvalue weighted by Crippen LogP contribution is 2.24. The molecule has 1 aromatic carbocycles. The second kappa shape index (κ2) is 7.48. The first-order chi connectivity index (χ1) is 12.0. The molecule has 0 aliphatic carbocycles. The van der Waals surface area contributed by atoms with Gasteiger partial charge >= 0.3 is 0 Å². The molecule has 2 heterocycles. The van der Waals surface area contributed by atoms with E-state index in [-0.39, 0.29) is 5.91 Å². The minimum Gasteiger partial charge on any atom is -0.378 e. The van der Waals surface area contributed by atoms with E-state index in [1.165, 1.54) is 0 Å². The number of rotatable bonds is 4. The lowest BCUT2D eigenvalue weighted by atomic mass is 10.1. The number of aromatic nitrogens is 2. The average molecular weight is 341 g/mol. The maximum Gasteiger partial charge on any atom is 0.255 e. The highest BCUT2D eigenvalue weighted by molar-refractivity contribution is 6.05. The molecule has 0 bridgehead atoms. The molecule has 7 heteroatoms. The first kappa shape index (κ1) is 17.2. The molecule has 25 heavy (non-hydrogen) atoms. The monoisotopic (exact) mass is 341 g/mol. The van der Waals surface area contributed by atoms with Gasteiger partial charge in [0.05, 0.1) is 19.4 Å². The summed E-state index contributed by atoms with van der Waals surface area (Å²) in [5, 5.41) is 2.91. The van der Waals surface area contributed by atoms with Crippen molar-refractivity contribution in [2.24, 2.45) is 0 Å². The minimum absolute atomic E-state index is 0.175. The summed E-state index contributed by atoms with van der Waals surface area (Å²) in [7, 11) is 3.79. The molecule has 3 rings (SSSR count). The van der Waals surface area contributed by atoms with Crippen LogP contribution in [0.1, 0.15) is 15.9 Å². The van der Waals surface area contributed by atoms with Crippen LogP contribution in [0, 0.1) is 6.92 Å².